The number of benzene rings is 1. The Morgan fingerprint density at radius 3 is 2.94 bits per heavy atom. The molecule has 0 aromatic heterocycles. The first-order valence-corrected chi connectivity index (χ1v) is 7.04. The van der Waals surface area contributed by atoms with Crippen molar-refractivity contribution in [3.63, 3.8) is 0 Å². The Morgan fingerprint density at radius 1 is 1.50 bits per heavy atom. The first-order chi connectivity index (χ1) is 7.66. The topological polar surface area (TPSA) is 26.3 Å². The van der Waals surface area contributed by atoms with Crippen LogP contribution in [0.1, 0.15) is 30.4 Å². The minimum absolute atomic E-state index is 0.0653. The van der Waals surface area contributed by atoms with E-state index >= 15 is 0 Å². The van der Waals surface area contributed by atoms with Gasteiger partial charge in [0.15, 0.2) is 0 Å². The number of hydrogen-bond donors (Lipinski definition) is 0. The first-order valence-electron chi connectivity index (χ1n) is 5.51. The van der Waals surface area contributed by atoms with E-state index in [-0.39, 0.29) is 11.6 Å². The zero-order valence-corrected chi connectivity index (χ0v) is 11.5. The molecule has 1 saturated heterocycles. The molecule has 0 saturated carbocycles. The Labute approximate surface area is 110 Å². The number of carbonyl (C=O) groups excluding carboxylic acids is 1. The Morgan fingerprint density at radius 2 is 2.31 bits per heavy atom. The number of ether oxygens (including phenoxy) is 1. The molecule has 0 bridgehead atoms. The molecule has 16 heavy (non-hydrogen) atoms. The summed E-state index contributed by atoms with van der Waals surface area (Å²) in [5.41, 5.74) is 1.96. The predicted octanol–water partition coefficient (Wildman–Crippen LogP) is 3.35. The molecule has 0 amide bonds. The highest BCUT2D eigenvalue weighted by molar-refractivity contribution is 14.1. The molecule has 86 valence electrons. The molecule has 0 radical (unpaired) electrons. The lowest BCUT2D eigenvalue weighted by Gasteiger charge is -2.35. The molecular weight excluding hydrogens is 315 g/mol. The first kappa shape index (κ1) is 11.9. The second-order valence-corrected chi connectivity index (χ2v) is 5.09. The van der Waals surface area contributed by atoms with Gasteiger partial charge in [0.2, 0.25) is 0 Å². The lowest BCUT2D eigenvalue weighted by Crippen LogP contribution is -2.37. The van der Waals surface area contributed by atoms with Crippen molar-refractivity contribution in [2.75, 3.05) is 4.43 Å². The summed E-state index contributed by atoms with van der Waals surface area (Å²) in [6.07, 6.45) is 2.42. The van der Waals surface area contributed by atoms with E-state index in [1.165, 1.54) is 5.56 Å². The van der Waals surface area contributed by atoms with Crippen LogP contribution >= 0.6 is 22.6 Å². The molecule has 3 heteroatoms. The van der Waals surface area contributed by atoms with E-state index in [1.807, 2.05) is 6.07 Å². The van der Waals surface area contributed by atoms with Gasteiger partial charge in [0.05, 0.1) is 0 Å². The van der Waals surface area contributed by atoms with Gasteiger partial charge in [-0.25, -0.2) is 0 Å². The van der Waals surface area contributed by atoms with Gasteiger partial charge in [0, 0.05) is 10.8 Å². The van der Waals surface area contributed by atoms with Crippen molar-refractivity contribution in [3.05, 3.63) is 35.4 Å². The maximum absolute atomic E-state index is 11.5. The van der Waals surface area contributed by atoms with Crippen molar-refractivity contribution >= 4 is 28.6 Å². The van der Waals surface area contributed by atoms with Crippen LogP contribution < -0.4 is 0 Å². The summed E-state index contributed by atoms with van der Waals surface area (Å²) in [4.78, 5) is 11.5. The van der Waals surface area contributed by atoms with E-state index in [1.54, 1.807) is 0 Å². The van der Waals surface area contributed by atoms with E-state index in [4.69, 9.17) is 4.74 Å². The van der Waals surface area contributed by atoms with Crippen molar-refractivity contribution < 1.29 is 9.53 Å². The SMILES string of the molecule is Cc1cccc([C@@]2(CI)CCCC(=O)O2)c1. The van der Waals surface area contributed by atoms with Crippen molar-refractivity contribution in [2.45, 2.75) is 31.8 Å². The summed E-state index contributed by atoms with van der Waals surface area (Å²) < 4.78 is 6.44. The molecule has 2 nitrogen and oxygen atoms in total. The van der Waals surface area contributed by atoms with Crippen LogP contribution in [0, 0.1) is 6.92 Å². The lowest BCUT2D eigenvalue weighted by molar-refractivity contribution is -0.165. The van der Waals surface area contributed by atoms with Crippen molar-refractivity contribution in [3.8, 4) is 0 Å². The van der Waals surface area contributed by atoms with E-state index < -0.39 is 0 Å². The fourth-order valence-electron chi connectivity index (χ4n) is 2.14. The van der Waals surface area contributed by atoms with Crippen LogP contribution in [0.4, 0.5) is 0 Å². The van der Waals surface area contributed by atoms with Crippen LogP contribution in [0.25, 0.3) is 0 Å². The Hall–Kier alpha value is -0.580. The minimum Gasteiger partial charge on any atom is -0.453 e. The third-order valence-electron chi connectivity index (χ3n) is 3.03. The Bertz CT molecular complexity index is 403. The monoisotopic (exact) mass is 330 g/mol. The fourth-order valence-corrected chi connectivity index (χ4v) is 3.12. The van der Waals surface area contributed by atoms with Gasteiger partial charge in [-0.3, -0.25) is 4.79 Å². The molecule has 1 atom stereocenters. The van der Waals surface area contributed by atoms with Gasteiger partial charge in [-0.2, -0.15) is 0 Å². The van der Waals surface area contributed by atoms with E-state index in [2.05, 4.69) is 47.7 Å². The molecule has 1 heterocycles. The summed E-state index contributed by atoms with van der Waals surface area (Å²) in [7, 11) is 0. The Balaban J connectivity index is 2.37. The standard InChI is InChI=1S/C13H15IO2/c1-10-4-2-5-11(8-10)13(9-14)7-3-6-12(15)16-13/h2,4-5,8H,3,6-7,9H2,1H3/t13-/m0/s1. The number of aryl methyl sites for hydroxylation is 1. The third-order valence-corrected chi connectivity index (χ3v) is 4.26. The molecule has 1 aromatic rings. The number of alkyl halides is 1. The zero-order valence-electron chi connectivity index (χ0n) is 9.33. The summed E-state index contributed by atoms with van der Waals surface area (Å²) in [5.74, 6) is -0.0653. The predicted molar refractivity (Wildman–Crippen MR) is 71.7 cm³/mol. The van der Waals surface area contributed by atoms with Gasteiger partial charge in [-0.05, 0) is 25.3 Å². The molecule has 1 aliphatic rings. The second-order valence-electron chi connectivity index (χ2n) is 4.33. The largest absolute Gasteiger partial charge is 0.453 e. The smallest absolute Gasteiger partial charge is 0.306 e. The minimum atomic E-state index is -0.387. The van der Waals surface area contributed by atoms with Crippen LogP contribution in [-0.2, 0) is 15.1 Å². The van der Waals surface area contributed by atoms with Gasteiger partial charge in [-0.1, -0.05) is 52.4 Å². The molecule has 0 unspecified atom stereocenters. The third kappa shape index (κ3) is 2.24. The van der Waals surface area contributed by atoms with Crippen LogP contribution in [0.2, 0.25) is 0 Å². The maximum Gasteiger partial charge on any atom is 0.306 e. The zero-order chi connectivity index (χ0) is 11.6. The fraction of sp³-hybridized carbons (Fsp3) is 0.462. The van der Waals surface area contributed by atoms with Crippen LogP contribution in [0.3, 0.4) is 0 Å². The van der Waals surface area contributed by atoms with Crippen molar-refractivity contribution in [2.24, 2.45) is 0 Å². The van der Waals surface area contributed by atoms with Crippen LogP contribution in [-0.4, -0.2) is 10.4 Å². The van der Waals surface area contributed by atoms with Gasteiger partial charge < -0.3 is 4.74 Å². The van der Waals surface area contributed by atoms with E-state index in [9.17, 15) is 4.79 Å². The van der Waals surface area contributed by atoms with Crippen molar-refractivity contribution in [1.82, 2.24) is 0 Å². The molecule has 1 aliphatic heterocycles. The number of rotatable bonds is 2. The van der Waals surface area contributed by atoms with Crippen LogP contribution in [0.5, 0.6) is 0 Å². The second kappa shape index (κ2) is 4.73. The molecular formula is C13H15IO2. The number of hydrogen-bond acceptors (Lipinski definition) is 2. The molecule has 1 aromatic carbocycles. The van der Waals surface area contributed by atoms with Crippen LogP contribution in [0.15, 0.2) is 24.3 Å². The van der Waals surface area contributed by atoms with Gasteiger partial charge in [0.1, 0.15) is 5.60 Å². The lowest BCUT2D eigenvalue weighted by atomic mass is 9.87. The number of esters is 1. The maximum atomic E-state index is 11.5. The van der Waals surface area contributed by atoms with Gasteiger partial charge >= 0.3 is 5.97 Å². The normalized spacial score (nSPS) is 25.2. The number of cyclic esters (lactones) is 1. The molecule has 0 N–H and O–H groups in total. The molecule has 0 spiro atoms. The van der Waals surface area contributed by atoms with Gasteiger partial charge in [0.25, 0.3) is 0 Å². The summed E-state index contributed by atoms with van der Waals surface area (Å²) >= 11 is 2.31. The quantitative estimate of drug-likeness (QED) is 0.472. The van der Waals surface area contributed by atoms with E-state index in [0.29, 0.717) is 6.42 Å². The average molecular weight is 330 g/mol. The highest BCUT2D eigenvalue weighted by Gasteiger charge is 2.38. The summed E-state index contributed by atoms with van der Waals surface area (Å²) in [6.45, 7) is 2.06. The van der Waals surface area contributed by atoms with E-state index in [0.717, 1.165) is 22.8 Å². The average Bonchev–Trinajstić information content (AvgIpc) is 2.29. The number of halogens is 1. The number of carbonyl (C=O) groups is 1. The Kier molecular flexibility index (Phi) is 3.52. The molecule has 1 fully saturated rings. The molecule has 0 aliphatic carbocycles. The highest BCUT2D eigenvalue weighted by atomic mass is 127. The van der Waals surface area contributed by atoms with Crippen molar-refractivity contribution in [1.29, 1.82) is 0 Å². The highest BCUT2D eigenvalue weighted by Crippen LogP contribution is 2.37. The van der Waals surface area contributed by atoms with Gasteiger partial charge in [-0.15, -0.1) is 0 Å². The summed E-state index contributed by atoms with van der Waals surface area (Å²) in [5, 5.41) is 0. The molecule has 2 rings (SSSR count). The summed E-state index contributed by atoms with van der Waals surface area (Å²) in [6, 6.07) is 8.28.